The second kappa shape index (κ2) is 7.83. The van der Waals surface area contributed by atoms with E-state index in [-0.39, 0.29) is 24.1 Å². The zero-order valence-electron chi connectivity index (χ0n) is 15.7. The van der Waals surface area contributed by atoms with Gasteiger partial charge in [-0.25, -0.2) is 14.1 Å². The molecule has 1 aliphatic heterocycles. The summed E-state index contributed by atoms with van der Waals surface area (Å²) >= 11 is 0. The highest BCUT2D eigenvalue weighted by Gasteiger charge is 2.24. The quantitative estimate of drug-likeness (QED) is 0.782. The molecule has 1 saturated heterocycles. The molecule has 2 aromatic rings. The van der Waals surface area contributed by atoms with Crippen molar-refractivity contribution in [2.45, 2.75) is 6.92 Å². The van der Waals surface area contributed by atoms with Crippen molar-refractivity contribution < 1.29 is 14.0 Å². The maximum atomic E-state index is 13.1. The van der Waals surface area contributed by atoms with Crippen molar-refractivity contribution >= 4 is 11.8 Å². The first-order chi connectivity index (χ1) is 12.8. The van der Waals surface area contributed by atoms with E-state index < -0.39 is 5.91 Å². The first-order valence-corrected chi connectivity index (χ1v) is 8.76. The van der Waals surface area contributed by atoms with Crippen LogP contribution >= 0.6 is 0 Å². The average Bonchev–Trinajstić information content (AvgIpc) is 3.03. The Hall–Kier alpha value is -2.81. The van der Waals surface area contributed by atoms with Gasteiger partial charge in [0.05, 0.1) is 12.2 Å². The number of piperazine rings is 1. The fourth-order valence-electron chi connectivity index (χ4n) is 2.91. The van der Waals surface area contributed by atoms with Crippen LogP contribution in [0.25, 0.3) is 5.69 Å². The molecule has 0 unspecified atom stereocenters. The SMILES string of the molecule is Cc1nc(C(=O)N(C)CC(=O)N2CCN(C)CC2)nn1-c1ccc(F)cc1. The number of rotatable bonds is 4. The van der Waals surface area contributed by atoms with E-state index in [2.05, 4.69) is 15.0 Å². The van der Waals surface area contributed by atoms with Crippen LogP contribution in [0.3, 0.4) is 0 Å². The Morgan fingerprint density at radius 3 is 2.41 bits per heavy atom. The van der Waals surface area contributed by atoms with Crippen LogP contribution in [0, 0.1) is 12.7 Å². The van der Waals surface area contributed by atoms with E-state index in [0.717, 1.165) is 13.1 Å². The number of hydrogen-bond donors (Lipinski definition) is 0. The normalized spacial score (nSPS) is 15.0. The Morgan fingerprint density at radius 1 is 1.15 bits per heavy atom. The van der Waals surface area contributed by atoms with Crippen molar-refractivity contribution in [2.75, 3.05) is 46.8 Å². The highest BCUT2D eigenvalue weighted by molar-refractivity contribution is 5.93. The third kappa shape index (κ3) is 4.30. The maximum Gasteiger partial charge on any atom is 0.293 e. The average molecular weight is 374 g/mol. The number of aryl methyl sites for hydroxylation is 1. The number of benzene rings is 1. The van der Waals surface area contributed by atoms with Crippen molar-refractivity contribution in [1.29, 1.82) is 0 Å². The molecule has 0 radical (unpaired) electrons. The highest BCUT2D eigenvalue weighted by atomic mass is 19.1. The molecule has 9 heteroatoms. The van der Waals surface area contributed by atoms with Gasteiger partial charge in [0.1, 0.15) is 11.6 Å². The summed E-state index contributed by atoms with van der Waals surface area (Å²) in [6.07, 6.45) is 0. The lowest BCUT2D eigenvalue weighted by Crippen LogP contribution is -2.50. The van der Waals surface area contributed by atoms with Gasteiger partial charge >= 0.3 is 0 Å². The van der Waals surface area contributed by atoms with Crippen LogP contribution in [0.4, 0.5) is 4.39 Å². The molecule has 1 aliphatic rings. The first-order valence-electron chi connectivity index (χ1n) is 8.76. The predicted octanol–water partition coefficient (Wildman–Crippen LogP) is 0.561. The second-order valence-corrected chi connectivity index (χ2v) is 6.72. The van der Waals surface area contributed by atoms with Crippen LogP contribution in [-0.4, -0.2) is 88.1 Å². The van der Waals surface area contributed by atoms with E-state index in [1.807, 2.05) is 7.05 Å². The number of carbonyl (C=O) groups is 2. The fraction of sp³-hybridized carbons (Fsp3) is 0.444. The molecule has 1 fully saturated rings. The van der Waals surface area contributed by atoms with Crippen LogP contribution in [0.15, 0.2) is 24.3 Å². The standard InChI is InChI=1S/C18H23FN6O2/c1-13-20-17(21-25(13)15-6-4-14(19)5-7-15)18(27)23(3)12-16(26)24-10-8-22(2)9-11-24/h4-7H,8-12H2,1-3H3. The van der Waals surface area contributed by atoms with Crippen LogP contribution < -0.4 is 0 Å². The molecule has 0 spiro atoms. The zero-order valence-corrected chi connectivity index (χ0v) is 15.7. The molecule has 3 rings (SSSR count). The molecular formula is C18H23FN6O2. The van der Waals surface area contributed by atoms with Gasteiger partial charge in [-0.05, 0) is 38.2 Å². The summed E-state index contributed by atoms with van der Waals surface area (Å²) in [7, 11) is 3.58. The van der Waals surface area contributed by atoms with Crippen LogP contribution in [0.1, 0.15) is 16.4 Å². The van der Waals surface area contributed by atoms with E-state index in [4.69, 9.17) is 0 Å². The van der Waals surface area contributed by atoms with Gasteiger partial charge in [0.25, 0.3) is 5.91 Å². The maximum absolute atomic E-state index is 13.1. The molecule has 0 bridgehead atoms. The van der Waals surface area contributed by atoms with Gasteiger partial charge in [0.2, 0.25) is 11.7 Å². The van der Waals surface area contributed by atoms with E-state index >= 15 is 0 Å². The molecule has 0 N–H and O–H groups in total. The van der Waals surface area contributed by atoms with Gasteiger partial charge < -0.3 is 14.7 Å². The molecule has 2 amide bonds. The molecule has 1 aromatic heterocycles. The van der Waals surface area contributed by atoms with Gasteiger partial charge in [-0.3, -0.25) is 9.59 Å². The Kier molecular flexibility index (Phi) is 5.50. The minimum absolute atomic E-state index is 0.00509. The number of likely N-dealkylation sites (N-methyl/N-ethyl adjacent to an activating group) is 2. The van der Waals surface area contributed by atoms with Crippen molar-refractivity contribution in [3.05, 3.63) is 41.7 Å². The lowest BCUT2D eigenvalue weighted by Gasteiger charge is -2.33. The highest BCUT2D eigenvalue weighted by Crippen LogP contribution is 2.11. The number of aromatic nitrogens is 3. The monoisotopic (exact) mass is 374 g/mol. The van der Waals surface area contributed by atoms with Crippen molar-refractivity contribution in [3.8, 4) is 5.69 Å². The Bertz CT molecular complexity index is 827. The van der Waals surface area contributed by atoms with Gasteiger partial charge in [-0.15, -0.1) is 5.10 Å². The summed E-state index contributed by atoms with van der Waals surface area (Å²) < 4.78 is 14.6. The molecule has 2 heterocycles. The number of nitrogens with zero attached hydrogens (tertiary/aromatic N) is 6. The van der Waals surface area contributed by atoms with Crippen LogP contribution in [0.2, 0.25) is 0 Å². The fourth-order valence-corrected chi connectivity index (χ4v) is 2.91. The van der Waals surface area contributed by atoms with Crippen molar-refractivity contribution in [3.63, 3.8) is 0 Å². The summed E-state index contributed by atoms with van der Waals surface area (Å²) in [6, 6.07) is 5.76. The van der Waals surface area contributed by atoms with E-state index in [0.29, 0.717) is 24.6 Å². The summed E-state index contributed by atoms with van der Waals surface area (Å²) in [4.78, 5) is 34.5. The Morgan fingerprint density at radius 2 is 1.78 bits per heavy atom. The second-order valence-electron chi connectivity index (χ2n) is 6.72. The van der Waals surface area contributed by atoms with Crippen LogP contribution in [0.5, 0.6) is 0 Å². The van der Waals surface area contributed by atoms with Gasteiger partial charge in [0, 0.05) is 33.2 Å². The third-order valence-corrected chi connectivity index (χ3v) is 4.61. The number of halogens is 1. The van der Waals surface area contributed by atoms with Crippen molar-refractivity contribution in [2.24, 2.45) is 0 Å². The van der Waals surface area contributed by atoms with E-state index in [1.165, 1.54) is 21.7 Å². The minimum atomic E-state index is -0.429. The van der Waals surface area contributed by atoms with Crippen LogP contribution in [-0.2, 0) is 4.79 Å². The van der Waals surface area contributed by atoms with E-state index in [9.17, 15) is 14.0 Å². The zero-order chi connectivity index (χ0) is 19.6. The molecule has 0 atom stereocenters. The Balaban J connectivity index is 1.67. The number of carbonyl (C=O) groups excluding carboxylic acids is 2. The molecule has 0 saturated carbocycles. The first kappa shape index (κ1) is 19.0. The van der Waals surface area contributed by atoms with Gasteiger partial charge in [-0.1, -0.05) is 0 Å². The smallest absolute Gasteiger partial charge is 0.293 e. The predicted molar refractivity (Wildman–Crippen MR) is 97.1 cm³/mol. The summed E-state index contributed by atoms with van der Waals surface area (Å²) in [5, 5.41) is 4.22. The number of amides is 2. The molecule has 8 nitrogen and oxygen atoms in total. The lowest BCUT2D eigenvalue weighted by atomic mass is 10.3. The number of hydrogen-bond acceptors (Lipinski definition) is 5. The van der Waals surface area contributed by atoms with Crippen molar-refractivity contribution in [1.82, 2.24) is 29.5 Å². The summed E-state index contributed by atoms with van der Waals surface area (Å²) in [5.41, 5.74) is 0.608. The Labute approximate surface area is 157 Å². The third-order valence-electron chi connectivity index (χ3n) is 4.61. The molecule has 27 heavy (non-hydrogen) atoms. The molecule has 1 aromatic carbocycles. The minimum Gasteiger partial charge on any atom is -0.339 e. The lowest BCUT2D eigenvalue weighted by molar-refractivity contribution is -0.133. The molecule has 0 aliphatic carbocycles. The van der Waals surface area contributed by atoms with Gasteiger partial charge in [-0.2, -0.15) is 0 Å². The molecule has 144 valence electrons. The summed E-state index contributed by atoms with van der Waals surface area (Å²) in [5.74, 6) is -0.362. The topological polar surface area (TPSA) is 74.6 Å². The summed E-state index contributed by atoms with van der Waals surface area (Å²) in [6.45, 7) is 4.66. The largest absolute Gasteiger partial charge is 0.339 e. The van der Waals surface area contributed by atoms with E-state index in [1.54, 1.807) is 31.0 Å². The van der Waals surface area contributed by atoms with Gasteiger partial charge in [0.15, 0.2) is 0 Å². The molecular weight excluding hydrogens is 351 g/mol.